The molecule has 0 aliphatic rings. The monoisotopic (exact) mass is 363 g/mol. The van der Waals surface area contributed by atoms with Gasteiger partial charge in [-0.2, -0.15) is 5.10 Å². The molecule has 1 amide bonds. The molecule has 1 N–H and O–H groups in total. The van der Waals surface area contributed by atoms with Crippen LogP contribution in [0, 0.1) is 0 Å². The maximum atomic E-state index is 11.6. The molecule has 0 aliphatic heterocycles. The van der Waals surface area contributed by atoms with Crippen molar-refractivity contribution in [3.05, 3.63) is 64.4 Å². The van der Waals surface area contributed by atoms with Crippen LogP contribution in [0.4, 0.5) is 0 Å². The number of nitrogens with one attached hydrogen (secondary N) is 1. The molecule has 108 valence electrons. The van der Waals surface area contributed by atoms with Crippen LogP contribution < -0.4 is 5.43 Å². The number of hydrogen-bond acceptors (Lipinski definition) is 4. The summed E-state index contributed by atoms with van der Waals surface area (Å²) in [6.45, 7) is 0. The molecule has 1 aromatic carbocycles. The molecule has 0 unspecified atom stereocenters. The van der Waals surface area contributed by atoms with Crippen LogP contribution in [-0.2, 0) is 10.5 Å². The topological polar surface area (TPSA) is 54.4 Å². The van der Waals surface area contributed by atoms with Gasteiger partial charge in [-0.1, -0.05) is 40.2 Å². The summed E-state index contributed by atoms with van der Waals surface area (Å²) < 4.78 is 1.06. The summed E-state index contributed by atoms with van der Waals surface area (Å²) in [4.78, 5) is 15.7. The lowest BCUT2D eigenvalue weighted by atomic mass is 10.2. The van der Waals surface area contributed by atoms with Crippen molar-refractivity contribution >= 4 is 39.8 Å². The van der Waals surface area contributed by atoms with Crippen molar-refractivity contribution in [2.75, 3.05) is 5.75 Å². The lowest BCUT2D eigenvalue weighted by Gasteiger charge is -2.03. The van der Waals surface area contributed by atoms with E-state index in [0.29, 0.717) is 11.4 Å². The van der Waals surface area contributed by atoms with Crippen LogP contribution in [0.15, 0.2) is 58.2 Å². The van der Waals surface area contributed by atoms with Gasteiger partial charge in [0.15, 0.2) is 0 Å². The fourth-order valence-electron chi connectivity index (χ4n) is 1.52. The first-order valence-corrected chi connectivity index (χ1v) is 8.24. The Morgan fingerprint density at radius 1 is 1.29 bits per heavy atom. The van der Waals surface area contributed by atoms with Crippen molar-refractivity contribution in [3.8, 4) is 0 Å². The first-order chi connectivity index (χ1) is 10.3. The SMILES string of the molecule is O=C(CSCc1ccccc1Br)NN=Cc1ccccn1. The number of rotatable bonds is 6. The smallest absolute Gasteiger partial charge is 0.250 e. The molecule has 0 radical (unpaired) electrons. The molecule has 6 heteroatoms. The van der Waals surface area contributed by atoms with Gasteiger partial charge < -0.3 is 0 Å². The Bertz CT molecular complexity index is 619. The Morgan fingerprint density at radius 3 is 2.86 bits per heavy atom. The molecule has 0 aliphatic carbocycles. The third kappa shape index (κ3) is 5.69. The van der Waals surface area contributed by atoms with E-state index < -0.39 is 0 Å². The fourth-order valence-corrected chi connectivity index (χ4v) is 2.96. The zero-order valence-electron chi connectivity index (χ0n) is 11.2. The van der Waals surface area contributed by atoms with Crippen LogP contribution in [0.2, 0.25) is 0 Å². The molecule has 21 heavy (non-hydrogen) atoms. The predicted molar refractivity (Wildman–Crippen MR) is 90.3 cm³/mol. The maximum absolute atomic E-state index is 11.6. The van der Waals surface area contributed by atoms with Gasteiger partial charge in [0.05, 0.1) is 17.7 Å². The van der Waals surface area contributed by atoms with Crippen LogP contribution in [-0.4, -0.2) is 22.9 Å². The van der Waals surface area contributed by atoms with E-state index in [1.165, 1.54) is 11.8 Å². The molecule has 2 rings (SSSR count). The van der Waals surface area contributed by atoms with Crippen LogP contribution in [0.5, 0.6) is 0 Å². The van der Waals surface area contributed by atoms with Gasteiger partial charge in [0.2, 0.25) is 5.91 Å². The average Bonchev–Trinajstić information content (AvgIpc) is 2.50. The Labute approximate surface area is 136 Å². The van der Waals surface area contributed by atoms with E-state index in [-0.39, 0.29) is 5.91 Å². The quantitative estimate of drug-likeness (QED) is 0.633. The van der Waals surface area contributed by atoms with E-state index in [1.807, 2.05) is 42.5 Å². The lowest BCUT2D eigenvalue weighted by Crippen LogP contribution is -2.19. The van der Waals surface area contributed by atoms with Gasteiger partial charge in [0.25, 0.3) is 0 Å². The highest BCUT2D eigenvalue weighted by Gasteiger charge is 2.02. The number of benzene rings is 1. The predicted octanol–water partition coefficient (Wildman–Crippen LogP) is 3.23. The molecule has 0 bridgehead atoms. The van der Waals surface area contributed by atoms with Crippen molar-refractivity contribution in [3.63, 3.8) is 0 Å². The summed E-state index contributed by atoms with van der Waals surface area (Å²) in [5, 5.41) is 3.88. The van der Waals surface area contributed by atoms with Crippen molar-refractivity contribution in [2.24, 2.45) is 5.10 Å². The van der Waals surface area contributed by atoms with Gasteiger partial charge >= 0.3 is 0 Å². The molecule has 1 aromatic heterocycles. The van der Waals surface area contributed by atoms with Crippen molar-refractivity contribution in [1.29, 1.82) is 0 Å². The van der Waals surface area contributed by atoms with Gasteiger partial charge in [-0.15, -0.1) is 11.8 Å². The number of amides is 1. The zero-order valence-corrected chi connectivity index (χ0v) is 13.6. The molecule has 0 fully saturated rings. The summed E-state index contributed by atoms with van der Waals surface area (Å²) in [5.74, 6) is 1.01. The minimum absolute atomic E-state index is 0.126. The van der Waals surface area contributed by atoms with E-state index in [1.54, 1.807) is 18.0 Å². The Morgan fingerprint density at radius 2 is 2.10 bits per heavy atom. The number of nitrogens with zero attached hydrogens (tertiary/aromatic N) is 2. The summed E-state index contributed by atoms with van der Waals surface area (Å²) in [6, 6.07) is 13.5. The summed E-state index contributed by atoms with van der Waals surface area (Å²) in [6.07, 6.45) is 3.20. The first kappa shape index (κ1) is 15.7. The van der Waals surface area contributed by atoms with Crippen LogP contribution in [0.3, 0.4) is 0 Å². The largest absolute Gasteiger partial charge is 0.272 e. The number of thioether (sulfide) groups is 1. The molecule has 0 saturated carbocycles. The molecule has 4 nitrogen and oxygen atoms in total. The summed E-state index contributed by atoms with van der Waals surface area (Å²) in [7, 11) is 0. The second-order valence-corrected chi connectivity index (χ2v) is 5.97. The minimum Gasteiger partial charge on any atom is -0.272 e. The average molecular weight is 364 g/mol. The Balaban J connectivity index is 1.71. The molecule has 2 aromatic rings. The first-order valence-electron chi connectivity index (χ1n) is 6.30. The summed E-state index contributed by atoms with van der Waals surface area (Å²) in [5.41, 5.74) is 4.37. The highest BCUT2D eigenvalue weighted by molar-refractivity contribution is 9.10. The number of aromatic nitrogens is 1. The minimum atomic E-state index is -0.126. The standard InChI is InChI=1S/C15H14BrN3OS/c16-14-7-2-1-5-12(14)10-21-11-15(20)19-18-9-13-6-3-4-8-17-13/h1-9H,10-11H2,(H,19,20). The number of carbonyl (C=O) groups is 1. The molecule has 0 atom stereocenters. The maximum Gasteiger partial charge on any atom is 0.250 e. The third-order valence-corrected chi connectivity index (χ3v) is 4.28. The molecule has 0 saturated heterocycles. The van der Waals surface area contributed by atoms with Gasteiger partial charge in [-0.3, -0.25) is 9.78 Å². The van der Waals surface area contributed by atoms with Gasteiger partial charge in [0.1, 0.15) is 0 Å². The second kappa shape index (κ2) is 8.59. The fraction of sp³-hybridized carbons (Fsp3) is 0.133. The van der Waals surface area contributed by atoms with Gasteiger partial charge in [-0.05, 0) is 23.8 Å². The molecule has 0 spiro atoms. The van der Waals surface area contributed by atoms with E-state index in [4.69, 9.17) is 0 Å². The van der Waals surface area contributed by atoms with Crippen molar-refractivity contribution in [2.45, 2.75) is 5.75 Å². The van der Waals surface area contributed by atoms with E-state index in [2.05, 4.69) is 31.4 Å². The van der Waals surface area contributed by atoms with Crippen LogP contribution >= 0.6 is 27.7 Å². The molecular formula is C15H14BrN3OS. The zero-order chi connectivity index (χ0) is 14.9. The number of hydrazone groups is 1. The van der Waals surface area contributed by atoms with E-state index in [9.17, 15) is 4.79 Å². The lowest BCUT2D eigenvalue weighted by molar-refractivity contribution is -0.118. The molecular weight excluding hydrogens is 350 g/mol. The van der Waals surface area contributed by atoms with Crippen LogP contribution in [0.25, 0.3) is 0 Å². The van der Waals surface area contributed by atoms with Gasteiger partial charge in [0, 0.05) is 16.4 Å². The van der Waals surface area contributed by atoms with E-state index in [0.717, 1.165) is 10.2 Å². The third-order valence-electron chi connectivity index (χ3n) is 2.52. The van der Waals surface area contributed by atoms with Crippen LogP contribution in [0.1, 0.15) is 11.3 Å². The van der Waals surface area contributed by atoms with Crippen molar-refractivity contribution < 1.29 is 4.79 Å². The van der Waals surface area contributed by atoms with E-state index >= 15 is 0 Å². The molecule has 1 heterocycles. The number of pyridine rings is 1. The van der Waals surface area contributed by atoms with Crippen molar-refractivity contribution in [1.82, 2.24) is 10.4 Å². The highest BCUT2D eigenvalue weighted by Crippen LogP contribution is 2.20. The normalized spacial score (nSPS) is 10.7. The number of carbonyl (C=O) groups excluding carboxylic acids is 1. The number of hydrogen-bond donors (Lipinski definition) is 1. The van der Waals surface area contributed by atoms with Gasteiger partial charge in [-0.25, -0.2) is 5.43 Å². The highest BCUT2D eigenvalue weighted by atomic mass is 79.9. The number of halogens is 1. The Kier molecular flexibility index (Phi) is 6.43. The summed E-state index contributed by atoms with van der Waals surface area (Å²) >= 11 is 5.03. The Hall–Kier alpha value is -1.66. The second-order valence-electron chi connectivity index (χ2n) is 4.13.